The summed E-state index contributed by atoms with van der Waals surface area (Å²) in [5.74, 6) is 1.07. The second-order valence-electron chi connectivity index (χ2n) is 6.49. The molecular formula is C17H20ClN5O2. The van der Waals surface area contributed by atoms with E-state index in [1.54, 1.807) is 18.5 Å². The summed E-state index contributed by atoms with van der Waals surface area (Å²) >= 11 is 5.85. The van der Waals surface area contributed by atoms with Crippen molar-refractivity contribution in [2.45, 2.75) is 38.1 Å². The summed E-state index contributed by atoms with van der Waals surface area (Å²) in [6.45, 7) is 1.43. The van der Waals surface area contributed by atoms with Gasteiger partial charge in [-0.1, -0.05) is 0 Å². The lowest BCUT2D eigenvalue weighted by atomic mass is 10.1. The minimum absolute atomic E-state index is 0.0588. The Bertz CT molecular complexity index is 813. The molecule has 3 aromatic rings. The van der Waals surface area contributed by atoms with E-state index in [1.165, 1.54) is 0 Å². The third-order valence-electron chi connectivity index (χ3n) is 4.72. The maximum absolute atomic E-state index is 10.4. The fourth-order valence-electron chi connectivity index (χ4n) is 3.51. The molecule has 25 heavy (non-hydrogen) atoms. The number of aliphatic hydroxyl groups is 1. The van der Waals surface area contributed by atoms with Crippen LogP contribution in [0.2, 0.25) is 5.22 Å². The summed E-state index contributed by atoms with van der Waals surface area (Å²) in [4.78, 5) is 0. The molecule has 3 aromatic heterocycles. The molecule has 132 valence electrons. The van der Waals surface area contributed by atoms with E-state index < -0.39 is 0 Å². The number of aromatic amines is 1. The van der Waals surface area contributed by atoms with Gasteiger partial charge in [0, 0.05) is 37.1 Å². The molecule has 3 atom stereocenters. The first-order chi connectivity index (χ1) is 12.2. The van der Waals surface area contributed by atoms with Crippen LogP contribution < -0.4 is 5.32 Å². The van der Waals surface area contributed by atoms with Crippen molar-refractivity contribution in [1.82, 2.24) is 25.3 Å². The molecule has 1 aliphatic rings. The van der Waals surface area contributed by atoms with Gasteiger partial charge in [0.25, 0.3) is 0 Å². The molecule has 3 heterocycles. The Morgan fingerprint density at radius 1 is 1.40 bits per heavy atom. The van der Waals surface area contributed by atoms with Crippen molar-refractivity contribution in [3.63, 3.8) is 0 Å². The minimum atomic E-state index is -0.353. The number of nitrogens with zero attached hydrogens (tertiary/aromatic N) is 3. The van der Waals surface area contributed by atoms with Crippen molar-refractivity contribution in [3.8, 4) is 11.5 Å². The molecule has 0 bridgehead atoms. The molecule has 0 saturated heterocycles. The van der Waals surface area contributed by atoms with Crippen LogP contribution >= 0.6 is 11.6 Å². The van der Waals surface area contributed by atoms with Gasteiger partial charge >= 0.3 is 0 Å². The summed E-state index contributed by atoms with van der Waals surface area (Å²) in [5, 5.41) is 25.4. The lowest BCUT2D eigenvalue weighted by molar-refractivity contribution is 0.145. The lowest BCUT2D eigenvalue weighted by Crippen LogP contribution is -2.35. The van der Waals surface area contributed by atoms with Gasteiger partial charge in [0.2, 0.25) is 0 Å². The first kappa shape index (κ1) is 16.4. The number of furan rings is 1. The number of hydrogen-bond donors (Lipinski definition) is 3. The molecule has 3 N–H and O–H groups in total. The Morgan fingerprint density at radius 3 is 3.08 bits per heavy atom. The van der Waals surface area contributed by atoms with Crippen LogP contribution in [0.5, 0.6) is 0 Å². The zero-order chi connectivity index (χ0) is 17.2. The van der Waals surface area contributed by atoms with E-state index in [0.717, 1.165) is 30.6 Å². The van der Waals surface area contributed by atoms with Gasteiger partial charge in [-0.15, -0.1) is 0 Å². The van der Waals surface area contributed by atoms with Crippen LogP contribution in [0.1, 0.15) is 18.4 Å². The highest BCUT2D eigenvalue weighted by Gasteiger charge is 2.33. The number of H-pyrrole nitrogens is 1. The molecule has 0 aromatic carbocycles. The number of nitrogens with one attached hydrogen (secondary N) is 2. The molecule has 1 fully saturated rings. The van der Waals surface area contributed by atoms with Gasteiger partial charge in [-0.05, 0) is 48.6 Å². The third-order valence-corrected chi connectivity index (χ3v) is 4.93. The fraction of sp³-hybridized carbons (Fsp3) is 0.412. The Kier molecular flexibility index (Phi) is 4.61. The number of hydrogen-bond acceptors (Lipinski definition) is 5. The number of aliphatic hydroxyl groups excluding tert-OH is 1. The summed E-state index contributed by atoms with van der Waals surface area (Å²) in [5.41, 5.74) is 1.79. The van der Waals surface area contributed by atoms with E-state index in [-0.39, 0.29) is 12.1 Å². The van der Waals surface area contributed by atoms with Crippen LogP contribution in [-0.4, -0.2) is 37.2 Å². The molecule has 1 saturated carbocycles. The predicted molar refractivity (Wildman–Crippen MR) is 92.9 cm³/mol. The van der Waals surface area contributed by atoms with Crippen LogP contribution in [0.3, 0.4) is 0 Å². The van der Waals surface area contributed by atoms with Crippen LogP contribution in [0.25, 0.3) is 11.5 Å². The van der Waals surface area contributed by atoms with E-state index >= 15 is 0 Å². The highest BCUT2D eigenvalue weighted by atomic mass is 35.5. The highest BCUT2D eigenvalue weighted by molar-refractivity contribution is 6.28. The Morgan fingerprint density at radius 2 is 2.32 bits per heavy atom. The molecule has 0 amide bonds. The molecule has 1 aliphatic carbocycles. The van der Waals surface area contributed by atoms with Crippen molar-refractivity contribution in [1.29, 1.82) is 0 Å². The van der Waals surface area contributed by atoms with E-state index in [1.807, 2.05) is 23.0 Å². The number of aromatic nitrogens is 4. The monoisotopic (exact) mass is 361 g/mol. The van der Waals surface area contributed by atoms with Gasteiger partial charge in [0.05, 0.1) is 12.3 Å². The molecule has 7 nitrogen and oxygen atoms in total. The molecule has 8 heteroatoms. The normalized spacial score (nSPS) is 23.4. The zero-order valence-electron chi connectivity index (χ0n) is 13.6. The predicted octanol–water partition coefficient (Wildman–Crippen LogP) is 2.45. The van der Waals surface area contributed by atoms with Crippen LogP contribution in [-0.2, 0) is 13.1 Å². The van der Waals surface area contributed by atoms with Crippen LogP contribution in [0, 0.1) is 5.92 Å². The van der Waals surface area contributed by atoms with Crippen molar-refractivity contribution in [3.05, 3.63) is 47.6 Å². The van der Waals surface area contributed by atoms with Gasteiger partial charge in [-0.25, -0.2) is 0 Å². The average molecular weight is 362 g/mol. The number of rotatable bonds is 6. The smallest absolute Gasteiger partial charge is 0.194 e. The minimum Gasteiger partial charge on any atom is -0.443 e. The Labute approximate surface area is 150 Å². The van der Waals surface area contributed by atoms with Gasteiger partial charge in [0.15, 0.2) is 11.0 Å². The number of halogens is 1. The fourth-order valence-corrected chi connectivity index (χ4v) is 3.65. The summed E-state index contributed by atoms with van der Waals surface area (Å²) in [6, 6.07) is 5.49. The van der Waals surface area contributed by atoms with Gasteiger partial charge in [0.1, 0.15) is 5.69 Å². The lowest BCUT2D eigenvalue weighted by Gasteiger charge is -2.16. The molecule has 0 spiro atoms. The van der Waals surface area contributed by atoms with Crippen molar-refractivity contribution in [2.75, 3.05) is 0 Å². The maximum Gasteiger partial charge on any atom is 0.194 e. The Balaban J connectivity index is 1.36. The van der Waals surface area contributed by atoms with Gasteiger partial charge in [-0.3, -0.25) is 9.78 Å². The zero-order valence-corrected chi connectivity index (χ0v) is 14.4. The first-order valence-electron chi connectivity index (χ1n) is 8.36. The van der Waals surface area contributed by atoms with Crippen molar-refractivity contribution >= 4 is 11.6 Å². The standard InChI is InChI=1S/C17H20ClN5O2/c18-16-3-2-15(25-16)17-12(9-20-22-17)8-19-13-6-11(7-14(13)24)10-23-5-1-4-21-23/h1-5,9,11,13-14,19,24H,6-8,10H2,(H,20,22)/t11?,13-,14-/m1/s1. The van der Waals surface area contributed by atoms with E-state index in [4.69, 9.17) is 16.0 Å². The van der Waals surface area contributed by atoms with Crippen LogP contribution in [0.15, 0.2) is 41.2 Å². The maximum atomic E-state index is 10.4. The summed E-state index contributed by atoms with van der Waals surface area (Å²) in [6.07, 6.45) is 6.85. The topological polar surface area (TPSA) is 91.9 Å². The summed E-state index contributed by atoms with van der Waals surface area (Å²) in [7, 11) is 0. The quantitative estimate of drug-likeness (QED) is 0.627. The van der Waals surface area contributed by atoms with E-state index in [9.17, 15) is 5.11 Å². The molecule has 1 unspecified atom stereocenters. The van der Waals surface area contributed by atoms with Gasteiger partial charge in [-0.2, -0.15) is 10.2 Å². The summed E-state index contributed by atoms with van der Waals surface area (Å²) < 4.78 is 7.37. The van der Waals surface area contributed by atoms with Crippen molar-refractivity contribution in [2.24, 2.45) is 5.92 Å². The second kappa shape index (κ2) is 7.03. The first-order valence-corrected chi connectivity index (χ1v) is 8.73. The van der Waals surface area contributed by atoms with E-state index in [2.05, 4.69) is 20.6 Å². The average Bonchev–Trinajstić information content (AvgIpc) is 3.34. The van der Waals surface area contributed by atoms with Gasteiger partial charge < -0.3 is 14.8 Å². The highest BCUT2D eigenvalue weighted by Crippen LogP contribution is 2.29. The Hall–Kier alpha value is -2.09. The van der Waals surface area contributed by atoms with Crippen LogP contribution in [0.4, 0.5) is 0 Å². The molecule has 0 radical (unpaired) electrons. The SMILES string of the molecule is O[C@@H]1CC(Cn2cccn2)C[C@H]1NCc1cn[nH]c1-c1ccc(Cl)o1. The van der Waals surface area contributed by atoms with E-state index in [0.29, 0.717) is 23.4 Å². The third kappa shape index (κ3) is 3.63. The molecule has 0 aliphatic heterocycles. The molecular weight excluding hydrogens is 342 g/mol. The van der Waals surface area contributed by atoms with Crippen molar-refractivity contribution < 1.29 is 9.52 Å². The second-order valence-corrected chi connectivity index (χ2v) is 6.87. The molecule has 4 rings (SSSR count). The largest absolute Gasteiger partial charge is 0.443 e.